The zero-order valence-corrected chi connectivity index (χ0v) is 9.79. The summed E-state index contributed by atoms with van der Waals surface area (Å²) in [6, 6.07) is 2.80. The number of rotatable bonds is 1. The number of nitrogens with zero attached hydrogens (tertiary/aromatic N) is 2. The van der Waals surface area contributed by atoms with Crippen LogP contribution in [-0.2, 0) is 4.74 Å². The van der Waals surface area contributed by atoms with Crippen LogP contribution in [0.15, 0.2) is 17.1 Å². The quantitative estimate of drug-likeness (QED) is 0.802. The predicted octanol–water partition coefficient (Wildman–Crippen LogP) is 0.915. The number of fused-ring (bicyclic) bond motifs is 2. The van der Waals surface area contributed by atoms with E-state index in [0.29, 0.717) is 17.9 Å². The normalized spacial score (nSPS) is 21.5. The van der Waals surface area contributed by atoms with Crippen molar-refractivity contribution in [2.24, 2.45) is 4.99 Å². The van der Waals surface area contributed by atoms with Crippen LogP contribution in [0.4, 0.5) is 5.69 Å². The lowest BCUT2D eigenvalue weighted by molar-refractivity contribution is 0.0684. The summed E-state index contributed by atoms with van der Waals surface area (Å²) in [5.74, 6) is 0.0682. The SMILES string of the molecule is COc1cc2c(cc1O)N=C[C@@H]1COCN1C2=O. The number of benzene rings is 1. The minimum atomic E-state index is -0.164. The summed E-state index contributed by atoms with van der Waals surface area (Å²) in [6.07, 6.45) is 1.67. The molecule has 94 valence electrons. The highest BCUT2D eigenvalue weighted by Gasteiger charge is 2.33. The van der Waals surface area contributed by atoms with Crippen LogP contribution < -0.4 is 4.74 Å². The molecule has 0 unspecified atom stereocenters. The van der Waals surface area contributed by atoms with Crippen molar-refractivity contribution in [1.82, 2.24) is 4.90 Å². The molecule has 6 heteroatoms. The Morgan fingerprint density at radius 3 is 3.17 bits per heavy atom. The van der Waals surface area contributed by atoms with Crippen molar-refractivity contribution in [3.8, 4) is 11.5 Å². The van der Waals surface area contributed by atoms with Crippen LogP contribution in [0.1, 0.15) is 10.4 Å². The van der Waals surface area contributed by atoms with E-state index < -0.39 is 0 Å². The zero-order chi connectivity index (χ0) is 12.7. The minimum Gasteiger partial charge on any atom is -0.504 e. The maximum atomic E-state index is 12.3. The number of ether oxygens (including phenoxy) is 2. The Kier molecular flexibility index (Phi) is 2.45. The van der Waals surface area contributed by atoms with Crippen molar-refractivity contribution >= 4 is 17.8 Å². The highest BCUT2D eigenvalue weighted by molar-refractivity contribution is 6.03. The van der Waals surface area contributed by atoms with Gasteiger partial charge in [-0.3, -0.25) is 9.79 Å². The van der Waals surface area contributed by atoms with Gasteiger partial charge in [0.15, 0.2) is 11.5 Å². The van der Waals surface area contributed by atoms with Gasteiger partial charge < -0.3 is 19.5 Å². The standard InChI is InChI=1S/C12H12N2O4/c1-17-11-2-8-9(3-10(11)15)13-4-7-5-18-6-14(7)12(8)16/h2-4,7,15H,5-6H2,1H3/t7-/m1/s1. The molecule has 0 bridgehead atoms. The first-order chi connectivity index (χ1) is 8.70. The third-order valence-corrected chi connectivity index (χ3v) is 3.09. The number of hydrogen-bond acceptors (Lipinski definition) is 5. The summed E-state index contributed by atoms with van der Waals surface area (Å²) in [7, 11) is 1.44. The third-order valence-electron chi connectivity index (χ3n) is 3.09. The third kappa shape index (κ3) is 1.53. The van der Waals surface area contributed by atoms with Crippen molar-refractivity contribution < 1.29 is 19.4 Å². The summed E-state index contributed by atoms with van der Waals surface area (Å²) < 4.78 is 10.3. The lowest BCUT2D eigenvalue weighted by atomic mass is 10.1. The van der Waals surface area contributed by atoms with Crippen LogP contribution in [0, 0.1) is 0 Å². The summed E-state index contributed by atoms with van der Waals surface area (Å²) >= 11 is 0. The number of aliphatic imine (C=N–C) groups is 1. The number of carbonyl (C=O) groups excluding carboxylic acids is 1. The van der Waals surface area contributed by atoms with Crippen LogP contribution in [0.3, 0.4) is 0 Å². The maximum absolute atomic E-state index is 12.3. The van der Waals surface area contributed by atoms with E-state index in [9.17, 15) is 9.90 Å². The van der Waals surface area contributed by atoms with Crippen molar-refractivity contribution in [2.45, 2.75) is 6.04 Å². The summed E-state index contributed by atoms with van der Waals surface area (Å²) in [5.41, 5.74) is 0.863. The van der Waals surface area contributed by atoms with Gasteiger partial charge in [-0.15, -0.1) is 0 Å². The zero-order valence-electron chi connectivity index (χ0n) is 9.79. The average molecular weight is 248 g/mol. The molecule has 0 saturated carbocycles. The number of hydrogen-bond donors (Lipinski definition) is 1. The lowest BCUT2D eigenvalue weighted by Crippen LogP contribution is -2.36. The lowest BCUT2D eigenvalue weighted by Gasteiger charge is -2.17. The highest BCUT2D eigenvalue weighted by atomic mass is 16.5. The molecule has 0 radical (unpaired) electrons. The molecule has 0 aromatic heterocycles. The Bertz CT molecular complexity index is 541. The van der Waals surface area contributed by atoms with E-state index in [4.69, 9.17) is 9.47 Å². The molecule has 1 fully saturated rings. The Morgan fingerprint density at radius 2 is 2.39 bits per heavy atom. The van der Waals surface area contributed by atoms with Gasteiger partial charge in [-0.05, 0) is 6.07 Å². The second-order valence-corrected chi connectivity index (χ2v) is 4.16. The van der Waals surface area contributed by atoms with E-state index in [1.165, 1.54) is 19.2 Å². The van der Waals surface area contributed by atoms with E-state index in [2.05, 4.69) is 4.99 Å². The van der Waals surface area contributed by atoms with Crippen molar-refractivity contribution in [1.29, 1.82) is 0 Å². The number of phenols is 1. The molecule has 1 aromatic rings. The Morgan fingerprint density at radius 1 is 1.56 bits per heavy atom. The smallest absolute Gasteiger partial charge is 0.258 e. The van der Waals surface area contributed by atoms with E-state index >= 15 is 0 Å². The van der Waals surface area contributed by atoms with Gasteiger partial charge in [0.05, 0.1) is 31.0 Å². The molecular formula is C12H12N2O4. The van der Waals surface area contributed by atoms with Crippen LogP contribution in [0.2, 0.25) is 0 Å². The van der Waals surface area contributed by atoms with E-state index in [1.807, 2.05) is 0 Å². The van der Waals surface area contributed by atoms with Crippen LogP contribution in [0.5, 0.6) is 11.5 Å². The van der Waals surface area contributed by atoms with Gasteiger partial charge in [0.2, 0.25) is 0 Å². The van der Waals surface area contributed by atoms with Gasteiger partial charge in [-0.1, -0.05) is 0 Å². The molecule has 18 heavy (non-hydrogen) atoms. The van der Waals surface area contributed by atoms with Crippen molar-refractivity contribution in [2.75, 3.05) is 20.4 Å². The fourth-order valence-corrected chi connectivity index (χ4v) is 2.11. The summed E-state index contributed by atoms with van der Waals surface area (Å²) in [6.45, 7) is 0.713. The van der Waals surface area contributed by atoms with Crippen molar-refractivity contribution in [3.05, 3.63) is 17.7 Å². The number of carbonyl (C=O) groups is 1. The average Bonchev–Trinajstić information content (AvgIpc) is 2.79. The molecule has 2 aliphatic heterocycles. The maximum Gasteiger partial charge on any atom is 0.258 e. The second kappa shape index (κ2) is 3.99. The molecule has 1 amide bonds. The van der Waals surface area contributed by atoms with Gasteiger partial charge >= 0.3 is 0 Å². The first kappa shape index (κ1) is 11.0. The first-order valence-electron chi connectivity index (χ1n) is 5.54. The molecule has 1 aromatic carbocycles. The van der Waals surface area contributed by atoms with Gasteiger partial charge in [-0.25, -0.2) is 0 Å². The Labute approximate surface area is 103 Å². The van der Waals surface area contributed by atoms with Gasteiger partial charge in [0.1, 0.15) is 6.73 Å². The molecule has 3 rings (SSSR count). The Balaban J connectivity index is 2.12. The van der Waals surface area contributed by atoms with Gasteiger partial charge in [0.25, 0.3) is 5.91 Å². The molecular weight excluding hydrogens is 236 g/mol. The minimum absolute atomic E-state index is 0.0282. The fourth-order valence-electron chi connectivity index (χ4n) is 2.11. The number of methoxy groups -OCH3 is 1. The number of amides is 1. The molecule has 1 atom stereocenters. The molecule has 2 heterocycles. The molecule has 1 saturated heterocycles. The monoisotopic (exact) mass is 248 g/mol. The summed E-state index contributed by atoms with van der Waals surface area (Å²) in [4.78, 5) is 18.2. The molecule has 0 spiro atoms. The van der Waals surface area contributed by atoms with Gasteiger partial charge in [0, 0.05) is 12.3 Å². The van der Waals surface area contributed by atoms with Crippen molar-refractivity contribution in [3.63, 3.8) is 0 Å². The van der Waals surface area contributed by atoms with E-state index in [1.54, 1.807) is 11.1 Å². The van der Waals surface area contributed by atoms with Crippen LogP contribution in [0.25, 0.3) is 0 Å². The second-order valence-electron chi connectivity index (χ2n) is 4.16. The molecule has 0 aliphatic carbocycles. The molecule has 1 N–H and O–H groups in total. The van der Waals surface area contributed by atoms with E-state index in [0.717, 1.165) is 0 Å². The van der Waals surface area contributed by atoms with Crippen LogP contribution in [-0.4, -0.2) is 48.6 Å². The summed E-state index contributed by atoms with van der Waals surface area (Å²) in [5, 5.41) is 9.70. The molecule has 6 nitrogen and oxygen atoms in total. The first-order valence-corrected chi connectivity index (χ1v) is 5.54. The highest BCUT2D eigenvalue weighted by Crippen LogP contribution is 2.36. The number of phenolic OH excluding ortho intramolecular Hbond substituents is 1. The van der Waals surface area contributed by atoms with Crippen LogP contribution >= 0.6 is 0 Å². The molecule has 2 aliphatic rings. The van der Waals surface area contributed by atoms with Gasteiger partial charge in [-0.2, -0.15) is 0 Å². The predicted molar refractivity (Wildman–Crippen MR) is 63.6 cm³/mol. The Hall–Kier alpha value is -2.08. The topological polar surface area (TPSA) is 71.4 Å². The fraction of sp³-hybridized carbons (Fsp3) is 0.333. The number of aromatic hydroxyl groups is 1. The largest absolute Gasteiger partial charge is 0.504 e. The van der Waals surface area contributed by atoms with E-state index in [-0.39, 0.29) is 30.2 Å².